The van der Waals surface area contributed by atoms with Crippen molar-refractivity contribution in [2.45, 2.75) is 42.4 Å². The molecule has 0 amide bonds. The molecule has 0 aromatic heterocycles. The second-order valence-corrected chi connectivity index (χ2v) is 11.8. The standard InChI is InChI=1S/C22H28N2O5S2/c1-3-17(2)18-4-6-20(7-5-18)31(27,28)24-11-10-19-16-21(8-9-22(19)24)30(25,26)23-12-14-29-15-13-23/h4-9,16-17H,3,10-15H2,1-2H3. The van der Waals surface area contributed by atoms with E-state index in [0.717, 1.165) is 17.5 Å². The second kappa shape index (κ2) is 8.54. The summed E-state index contributed by atoms with van der Waals surface area (Å²) in [7, 11) is -7.33. The molecule has 0 bridgehead atoms. The van der Waals surface area contributed by atoms with Gasteiger partial charge < -0.3 is 4.74 Å². The average molecular weight is 465 g/mol. The fourth-order valence-electron chi connectivity index (χ4n) is 4.03. The number of fused-ring (bicyclic) bond motifs is 1. The van der Waals surface area contributed by atoms with Crippen molar-refractivity contribution in [3.8, 4) is 0 Å². The molecule has 1 unspecified atom stereocenters. The molecule has 2 aromatic carbocycles. The summed E-state index contributed by atoms with van der Waals surface area (Å²) in [4.78, 5) is 0.447. The van der Waals surface area contributed by atoms with Gasteiger partial charge in [0.2, 0.25) is 10.0 Å². The Morgan fingerprint density at radius 1 is 0.903 bits per heavy atom. The van der Waals surface area contributed by atoms with E-state index in [-0.39, 0.29) is 9.79 Å². The molecule has 0 radical (unpaired) electrons. The predicted octanol–water partition coefficient (Wildman–Crippen LogP) is 2.97. The van der Waals surface area contributed by atoms with Gasteiger partial charge in [0.25, 0.3) is 10.0 Å². The smallest absolute Gasteiger partial charge is 0.264 e. The number of rotatable bonds is 6. The van der Waals surface area contributed by atoms with Crippen LogP contribution in [0.4, 0.5) is 5.69 Å². The molecular formula is C22H28N2O5S2. The number of benzene rings is 2. The Labute approximate surface area is 184 Å². The van der Waals surface area contributed by atoms with Crippen LogP contribution in [0, 0.1) is 0 Å². The second-order valence-electron chi connectivity index (χ2n) is 8.01. The zero-order valence-corrected chi connectivity index (χ0v) is 19.5. The maximum absolute atomic E-state index is 13.3. The molecule has 1 fully saturated rings. The molecule has 4 rings (SSSR count). The molecule has 9 heteroatoms. The van der Waals surface area contributed by atoms with Crippen molar-refractivity contribution >= 4 is 25.7 Å². The minimum atomic E-state index is -3.71. The van der Waals surface area contributed by atoms with E-state index in [1.165, 1.54) is 14.7 Å². The Bertz CT molecular complexity index is 1150. The zero-order chi connectivity index (χ0) is 22.2. The first-order chi connectivity index (χ1) is 14.7. The number of nitrogens with zero attached hydrogens (tertiary/aromatic N) is 2. The Morgan fingerprint density at radius 2 is 1.55 bits per heavy atom. The maximum atomic E-state index is 13.3. The van der Waals surface area contributed by atoms with Crippen LogP contribution in [0.3, 0.4) is 0 Å². The quantitative estimate of drug-likeness (QED) is 0.656. The first-order valence-electron chi connectivity index (χ1n) is 10.6. The van der Waals surface area contributed by atoms with Gasteiger partial charge in [0.15, 0.2) is 0 Å². The van der Waals surface area contributed by atoms with Crippen LogP contribution in [0.15, 0.2) is 52.3 Å². The van der Waals surface area contributed by atoms with Crippen LogP contribution in [0.25, 0.3) is 0 Å². The normalized spacial score (nSPS) is 18.7. The number of morpholine rings is 1. The van der Waals surface area contributed by atoms with E-state index in [1.54, 1.807) is 24.3 Å². The third kappa shape index (κ3) is 4.11. The molecule has 2 heterocycles. The van der Waals surface area contributed by atoms with E-state index < -0.39 is 20.0 Å². The number of hydrogen-bond acceptors (Lipinski definition) is 5. The van der Waals surface area contributed by atoms with E-state index >= 15 is 0 Å². The van der Waals surface area contributed by atoms with Crippen molar-refractivity contribution < 1.29 is 21.6 Å². The fraction of sp³-hybridized carbons (Fsp3) is 0.455. The molecule has 168 valence electrons. The highest BCUT2D eigenvalue weighted by molar-refractivity contribution is 7.92. The van der Waals surface area contributed by atoms with E-state index in [4.69, 9.17) is 4.74 Å². The molecule has 1 saturated heterocycles. The lowest BCUT2D eigenvalue weighted by molar-refractivity contribution is 0.0730. The SMILES string of the molecule is CCC(C)c1ccc(S(=O)(=O)N2CCc3cc(S(=O)(=O)N4CCOCC4)ccc32)cc1. The molecule has 0 spiro atoms. The highest BCUT2D eigenvalue weighted by Gasteiger charge is 2.33. The van der Waals surface area contributed by atoms with Gasteiger partial charge in [-0.1, -0.05) is 26.0 Å². The van der Waals surface area contributed by atoms with Crippen molar-refractivity contribution in [1.29, 1.82) is 0 Å². The first kappa shape index (κ1) is 22.3. The van der Waals surface area contributed by atoms with Crippen molar-refractivity contribution in [1.82, 2.24) is 4.31 Å². The lowest BCUT2D eigenvalue weighted by Gasteiger charge is -2.26. The van der Waals surface area contributed by atoms with Gasteiger partial charge in [0.1, 0.15) is 0 Å². The summed E-state index contributed by atoms with van der Waals surface area (Å²) < 4.78 is 60.4. The van der Waals surface area contributed by atoms with Gasteiger partial charge in [-0.05, 0) is 60.2 Å². The van der Waals surface area contributed by atoms with Crippen LogP contribution >= 0.6 is 0 Å². The number of hydrogen-bond donors (Lipinski definition) is 0. The lowest BCUT2D eigenvalue weighted by Crippen LogP contribution is -2.40. The minimum Gasteiger partial charge on any atom is -0.379 e. The Kier molecular flexibility index (Phi) is 6.13. The van der Waals surface area contributed by atoms with Crippen LogP contribution in [-0.2, 0) is 31.2 Å². The molecule has 2 aliphatic heterocycles. The van der Waals surface area contributed by atoms with Crippen LogP contribution in [0.2, 0.25) is 0 Å². The lowest BCUT2D eigenvalue weighted by atomic mass is 9.99. The van der Waals surface area contributed by atoms with E-state index in [0.29, 0.717) is 50.9 Å². The third-order valence-electron chi connectivity index (χ3n) is 6.16. The number of sulfonamides is 2. The Balaban J connectivity index is 1.61. The Hall–Kier alpha value is -1.94. The predicted molar refractivity (Wildman–Crippen MR) is 119 cm³/mol. The summed E-state index contributed by atoms with van der Waals surface area (Å²) in [5.41, 5.74) is 2.39. The van der Waals surface area contributed by atoms with Gasteiger partial charge in [-0.25, -0.2) is 16.8 Å². The number of anilines is 1. The summed E-state index contributed by atoms with van der Waals surface area (Å²) in [5.74, 6) is 0.371. The fourth-order valence-corrected chi connectivity index (χ4v) is 6.99. The average Bonchev–Trinajstić information content (AvgIpc) is 3.23. The highest BCUT2D eigenvalue weighted by atomic mass is 32.2. The summed E-state index contributed by atoms with van der Waals surface area (Å²) in [6.07, 6.45) is 1.47. The molecule has 31 heavy (non-hydrogen) atoms. The van der Waals surface area contributed by atoms with E-state index in [9.17, 15) is 16.8 Å². The van der Waals surface area contributed by atoms with Crippen LogP contribution < -0.4 is 4.31 Å². The molecule has 7 nitrogen and oxygen atoms in total. The molecule has 0 N–H and O–H groups in total. The maximum Gasteiger partial charge on any atom is 0.264 e. The van der Waals surface area contributed by atoms with Gasteiger partial charge in [-0.2, -0.15) is 4.31 Å². The third-order valence-corrected chi connectivity index (χ3v) is 9.88. The topological polar surface area (TPSA) is 84.0 Å². The first-order valence-corrected chi connectivity index (χ1v) is 13.5. The van der Waals surface area contributed by atoms with Crippen molar-refractivity contribution in [3.63, 3.8) is 0 Å². The molecule has 0 saturated carbocycles. The van der Waals surface area contributed by atoms with Gasteiger partial charge >= 0.3 is 0 Å². The Morgan fingerprint density at radius 3 is 2.19 bits per heavy atom. The monoisotopic (exact) mass is 464 g/mol. The van der Waals surface area contributed by atoms with Crippen LogP contribution in [-0.4, -0.2) is 54.0 Å². The van der Waals surface area contributed by atoms with E-state index in [1.807, 2.05) is 12.1 Å². The molecule has 2 aromatic rings. The highest BCUT2D eigenvalue weighted by Crippen LogP contribution is 2.35. The summed E-state index contributed by atoms with van der Waals surface area (Å²) in [6, 6.07) is 11.8. The summed E-state index contributed by atoms with van der Waals surface area (Å²) >= 11 is 0. The largest absolute Gasteiger partial charge is 0.379 e. The molecule has 2 aliphatic rings. The van der Waals surface area contributed by atoms with Crippen LogP contribution in [0.1, 0.15) is 37.3 Å². The molecular weight excluding hydrogens is 436 g/mol. The van der Waals surface area contributed by atoms with Crippen molar-refractivity contribution in [2.75, 3.05) is 37.2 Å². The van der Waals surface area contributed by atoms with Gasteiger partial charge in [0.05, 0.1) is 28.7 Å². The number of ether oxygens (including phenoxy) is 1. The summed E-state index contributed by atoms with van der Waals surface area (Å²) in [5, 5.41) is 0. The zero-order valence-electron chi connectivity index (χ0n) is 17.8. The molecule has 1 atom stereocenters. The minimum absolute atomic E-state index is 0.199. The van der Waals surface area contributed by atoms with Gasteiger partial charge in [0, 0.05) is 19.6 Å². The van der Waals surface area contributed by atoms with Gasteiger partial charge in [-0.15, -0.1) is 0 Å². The summed E-state index contributed by atoms with van der Waals surface area (Å²) in [6.45, 7) is 5.93. The van der Waals surface area contributed by atoms with Crippen LogP contribution in [0.5, 0.6) is 0 Å². The van der Waals surface area contributed by atoms with Crippen molar-refractivity contribution in [3.05, 3.63) is 53.6 Å². The van der Waals surface area contributed by atoms with Crippen molar-refractivity contribution in [2.24, 2.45) is 0 Å². The molecule has 0 aliphatic carbocycles. The van der Waals surface area contributed by atoms with Gasteiger partial charge in [-0.3, -0.25) is 4.31 Å². The van der Waals surface area contributed by atoms with E-state index in [2.05, 4.69) is 13.8 Å².